The van der Waals surface area contributed by atoms with Crippen LogP contribution in [0.15, 0.2) is 18.2 Å². The highest BCUT2D eigenvalue weighted by Gasteiger charge is 2.16. The van der Waals surface area contributed by atoms with E-state index in [-0.39, 0.29) is 28.9 Å². The average Bonchev–Trinajstić information content (AvgIpc) is 2.29. The molecule has 1 rings (SSSR count). The zero-order valence-electron chi connectivity index (χ0n) is 10.5. The van der Waals surface area contributed by atoms with Gasteiger partial charge in [0.15, 0.2) is 0 Å². The van der Waals surface area contributed by atoms with Crippen molar-refractivity contribution >= 4 is 17.3 Å². The fraction of sp³-hybridized carbons (Fsp3) is 0.417. The van der Waals surface area contributed by atoms with Gasteiger partial charge in [0.2, 0.25) is 0 Å². The van der Waals surface area contributed by atoms with E-state index >= 15 is 0 Å². The maximum Gasteiger partial charge on any atom is 0.292 e. The predicted octanol–water partition coefficient (Wildman–Crippen LogP) is 2.10. The number of rotatable bonds is 5. The smallest absolute Gasteiger partial charge is 0.292 e. The largest absolute Gasteiger partial charge is 0.393 e. The number of nitrogens with one attached hydrogen (secondary N) is 1. The molecule has 18 heavy (non-hydrogen) atoms. The Hall–Kier alpha value is -2.11. The van der Waals surface area contributed by atoms with Crippen molar-refractivity contribution in [3.63, 3.8) is 0 Å². The van der Waals surface area contributed by atoms with Crippen LogP contribution in [0.25, 0.3) is 0 Å². The van der Waals surface area contributed by atoms with E-state index < -0.39 is 4.92 Å². The van der Waals surface area contributed by atoms with Gasteiger partial charge in [-0.3, -0.25) is 14.9 Å². The van der Waals surface area contributed by atoms with Crippen molar-refractivity contribution in [1.82, 2.24) is 5.32 Å². The van der Waals surface area contributed by atoms with Crippen molar-refractivity contribution in [1.29, 1.82) is 0 Å². The fourth-order valence-corrected chi connectivity index (χ4v) is 1.66. The molecule has 98 valence electrons. The molecular weight excluding hydrogens is 234 g/mol. The van der Waals surface area contributed by atoms with Crippen LogP contribution in [0.5, 0.6) is 0 Å². The molecule has 0 unspecified atom stereocenters. The SMILES string of the molecule is CCC[C@H](C)NC(=O)c1ccc(N)c([N+](=O)[O-])c1. The van der Waals surface area contributed by atoms with Crippen molar-refractivity contribution in [3.05, 3.63) is 33.9 Å². The summed E-state index contributed by atoms with van der Waals surface area (Å²) in [5, 5.41) is 13.5. The molecule has 1 amide bonds. The second kappa shape index (κ2) is 6.00. The number of nitrogen functional groups attached to an aromatic ring is 1. The fourth-order valence-electron chi connectivity index (χ4n) is 1.66. The van der Waals surface area contributed by atoms with Gasteiger partial charge in [0.05, 0.1) is 4.92 Å². The van der Waals surface area contributed by atoms with Gasteiger partial charge in [-0.05, 0) is 25.5 Å². The van der Waals surface area contributed by atoms with Crippen LogP contribution in [-0.2, 0) is 0 Å². The van der Waals surface area contributed by atoms with Gasteiger partial charge in [-0.1, -0.05) is 13.3 Å². The standard InChI is InChI=1S/C12H17N3O3/c1-3-4-8(2)14-12(16)9-5-6-10(13)11(7-9)15(17)18/h5-8H,3-4,13H2,1-2H3,(H,14,16)/t8-/m0/s1. The zero-order chi connectivity index (χ0) is 13.7. The highest BCUT2D eigenvalue weighted by molar-refractivity contribution is 5.95. The van der Waals surface area contributed by atoms with Crippen LogP contribution in [0.1, 0.15) is 37.0 Å². The van der Waals surface area contributed by atoms with Crippen molar-refractivity contribution in [3.8, 4) is 0 Å². The van der Waals surface area contributed by atoms with E-state index in [4.69, 9.17) is 5.73 Å². The summed E-state index contributed by atoms with van der Waals surface area (Å²) in [5.74, 6) is -0.320. The Morgan fingerprint density at radius 3 is 2.78 bits per heavy atom. The van der Waals surface area contributed by atoms with Gasteiger partial charge in [-0.15, -0.1) is 0 Å². The number of anilines is 1. The minimum Gasteiger partial charge on any atom is -0.393 e. The van der Waals surface area contributed by atoms with E-state index in [9.17, 15) is 14.9 Å². The summed E-state index contributed by atoms with van der Waals surface area (Å²) < 4.78 is 0. The van der Waals surface area contributed by atoms with Crippen LogP contribution in [0.4, 0.5) is 11.4 Å². The number of nitro benzene ring substituents is 1. The Labute approximate surface area is 105 Å². The van der Waals surface area contributed by atoms with Crippen molar-refractivity contribution in [2.24, 2.45) is 0 Å². The molecule has 6 nitrogen and oxygen atoms in total. The highest BCUT2D eigenvalue weighted by atomic mass is 16.6. The molecule has 0 radical (unpaired) electrons. The highest BCUT2D eigenvalue weighted by Crippen LogP contribution is 2.22. The Balaban J connectivity index is 2.87. The molecule has 0 saturated carbocycles. The van der Waals surface area contributed by atoms with Crippen LogP contribution in [0.3, 0.4) is 0 Å². The lowest BCUT2D eigenvalue weighted by Crippen LogP contribution is -2.32. The molecule has 0 saturated heterocycles. The number of hydrogen-bond acceptors (Lipinski definition) is 4. The van der Waals surface area contributed by atoms with E-state index in [0.717, 1.165) is 12.8 Å². The van der Waals surface area contributed by atoms with Crippen LogP contribution in [0.2, 0.25) is 0 Å². The number of benzene rings is 1. The molecule has 1 aromatic carbocycles. The van der Waals surface area contributed by atoms with E-state index in [1.807, 2.05) is 13.8 Å². The van der Waals surface area contributed by atoms with Crippen molar-refractivity contribution < 1.29 is 9.72 Å². The Kier molecular flexibility index (Phi) is 4.65. The molecule has 0 aromatic heterocycles. The third-order valence-electron chi connectivity index (χ3n) is 2.59. The summed E-state index contributed by atoms with van der Waals surface area (Å²) in [7, 11) is 0. The van der Waals surface area contributed by atoms with Crippen molar-refractivity contribution in [2.45, 2.75) is 32.7 Å². The Morgan fingerprint density at radius 1 is 1.56 bits per heavy atom. The zero-order valence-corrected chi connectivity index (χ0v) is 10.5. The Bertz CT molecular complexity index is 460. The summed E-state index contributed by atoms with van der Waals surface area (Å²) in [5.41, 5.74) is 5.52. The summed E-state index contributed by atoms with van der Waals surface area (Å²) >= 11 is 0. The maximum absolute atomic E-state index is 11.8. The lowest BCUT2D eigenvalue weighted by Gasteiger charge is -2.12. The molecule has 0 aliphatic carbocycles. The molecule has 0 heterocycles. The number of nitrogens with two attached hydrogens (primary N) is 1. The van der Waals surface area contributed by atoms with Gasteiger partial charge in [0, 0.05) is 17.7 Å². The quantitative estimate of drug-likeness (QED) is 0.475. The molecule has 0 bridgehead atoms. The topological polar surface area (TPSA) is 98.3 Å². The normalized spacial score (nSPS) is 11.9. The number of amides is 1. The lowest BCUT2D eigenvalue weighted by atomic mass is 10.1. The molecule has 3 N–H and O–H groups in total. The van der Waals surface area contributed by atoms with Gasteiger partial charge >= 0.3 is 0 Å². The third kappa shape index (κ3) is 3.44. The van der Waals surface area contributed by atoms with E-state index in [2.05, 4.69) is 5.32 Å². The van der Waals surface area contributed by atoms with Gasteiger partial charge in [0.25, 0.3) is 11.6 Å². The Morgan fingerprint density at radius 2 is 2.22 bits per heavy atom. The van der Waals surface area contributed by atoms with Crippen LogP contribution >= 0.6 is 0 Å². The summed E-state index contributed by atoms with van der Waals surface area (Å²) in [6.45, 7) is 3.92. The summed E-state index contributed by atoms with van der Waals surface area (Å²) in [6, 6.07) is 4.09. The maximum atomic E-state index is 11.8. The number of carbonyl (C=O) groups excluding carboxylic acids is 1. The molecule has 0 spiro atoms. The van der Waals surface area contributed by atoms with E-state index in [1.54, 1.807) is 0 Å². The van der Waals surface area contributed by atoms with E-state index in [1.165, 1.54) is 18.2 Å². The van der Waals surface area contributed by atoms with Gasteiger partial charge in [-0.2, -0.15) is 0 Å². The molecule has 1 atom stereocenters. The second-order valence-corrected chi connectivity index (χ2v) is 4.19. The number of carbonyl (C=O) groups is 1. The van der Waals surface area contributed by atoms with Gasteiger partial charge in [-0.25, -0.2) is 0 Å². The first-order valence-corrected chi connectivity index (χ1v) is 5.80. The third-order valence-corrected chi connectivity index (χ3v) is 2.59. The molecule has 0 fully saturated rings. The number of hydrogen-bond donors (Lipinski definition) is 2. The second-order valence-electron chi connectivity index (χ2n) is 4.19. The van der Waals surface area contributed by atoms with Crippen molar-refractivity contribution in [2.75, 3.05) is 5.73 Å². The number of nitrogens with zero attached hydrogens (tertiary/aromatic N) is 1. The molecule has 1 aromatic rings. The van der Waals surface area contributed by atoms with Crippen LogP contribution in [-0.4, -0.2) is 16.9 Å². The lowest BCUT2D eigenvalue weighted by molar-refractivity contribution is -0.383. The molecule has 0 aliphatic rings. The van der Waals surface area contributed by atoms with Gasteiger partial charge in [0.1, 0.15) is 5.69 Å². The first-order chi connectivity index (χ1) is 8.45. The first kappa shape index (κ1) is 14.0. The van der Waals surface area contributed by atoms with E-state index in [0.29, 0.717) is 0 Å². The number of nitro groups is 1. The molecule has 0 aliphatic heterocycles. The predicted molar refractivity (Wildman–Crippen MR) is 69.3 cm³/mol. The molecular formula is C12H17N3O3. The van der Waals surface area contributed by atoms with Gasteiger partial charge < -0.3 is 11.1 Å². The first-order valence-electron chi connectivity index (χ1n) is 5.80. The minimum absolute atomic E-state index is 0.0408. The monoisotopic (exact) mass is 251 g/mol. The average molecular weight is 251 g/mol. The van der Waals surface area contributed by atoms with Crippen LogP contribution in [0, 0.1) is 10.1 Å². The summed E-state index contributed by atoms with van der Waals surface area (Å²) in [6.07, 6.45) is 1.83. The minimum atomic E-state index is -0.596. The summed E-state index contributed by atoms with van der Waals surface area (Å²) in [4.78, 5) is 22.0. The van der Waals surface area contributed by atoms with Crippen LogP contribution < -0.4 is 11.1 Å². The molecule has 6 heteroatoms.